The van der Waals surface area contributed by atoms with Crippen LogP contribution >= 0.6 is 0 Å². The Hall–Kier alpha value is -4.57. The van der Waals surface area contributed by atoms with E-state index in [0.29, 0.717) is 0 Å². The van der Waals surface area contributed by atoms with Crippen molar-refractivity contribution in [2.45, 2.75) is 5.92 Å². The summed E-state index contributed by atoms with van der Waals surface area (Å²) in [6.45, 7) is 0.0406. The standard InChI is InChI=1S/C25H19N3O4/c26-13-16(24(29)30)14-28(23-12-6-5-11-22(23)27)25(31)32-15-21-19-9-3-1-7-17(19)18-8-2-4-10-20(18)21/h1-12,14,21H,15,27H2,(H,29,30)/b16-14+. The highest BCUT2D eigenvalue weighted by molar-refractivity contribution is 5.98. The summed E-state index contributed by atoms with van der Waals surface area (Å²) in [4.78, 5) is 25.4. The van der Waals surface area contributed by atoms with Crippen molar-refractivity contribution in [1.29, 1.82) is 5.26 Å². The normalized spacial score (nSPS) is 12.4. The Kier molecular flexibility index (Phi) is 5.60. The van der Waals surface area contributed by atoms with Crippen LogP contribution in [-0.2, 0) is 9.53 Å². The molecule has 1 aliphatic rings. The van der Waals surface area contributed by atoms with Crippen LogP contribution in [0.15, 0.2) is 84.6 Å². The molecule has 1 amide bonds. The zero-order valence-corrected chi connectivity index (χ0v) is 16.9. The molecule has 32 heavy (non-hydrogen) atoms. The number of benzene rings is 3. The van der Waals surface area contributed by atoms with E-state index < -0.39 is 17.6 Å². The Labute approximate surface area is 184 Å². The van der Waals surface area contributed by atoms with Crippen molar-refractivity contribution in [2.75, 3.05) is 17.2 Å². The van der Waals surface area contributed by atoms with Gasteiger partial charge in [0.1, 0.15) is 12.7 Å². The van der Waals surface area contributed by atoms with Gasteiger partial charge in [-0.05, 0) is 34.4 Å². The van der Waals surface area contributed by atoms with Gasteiger partial charge < -0.3 is 15.6 Å². The summed E-state index contributed by atoms with van der Waals surface area (Å²) in [5.74, 6) is -1.63. The highest BCUT2D eigenvalue weighted by Gasteiger charge is 2.30. The first kappa shape index (κ1) is 20.7. The first-order valence-corrected chi connectivity index (χ1v) is 9.85. The number of hydrogen-bond acceptors (Lipinski definition) is 5. The van der Waals surface area contributed by atoms with Crippen LogP contribution in [0.25, 0.3) is 11.1 Å². The van der Waals surface area contributed by atoms with Gasteiger partial charge in [0.2, 0.25) is 0 Å². The largest absolute Gasteiger partial charge is 0.477 e. The number of nitriles is 1. The van der Waals surface area contributed by atoms with E-state index in [1.807, 2.05) is 48.5 Å². The second-order valence-corrected chi connectivity index (χ2v) is 7.19. The molecule has 0 radical (unpaired) electrons. The number of carbonyl (C=O) groups is 2. The molecule has 7 nitrogen and oxygen atoms in total. The summed E-state index contributed by atoms with van der Waals surface area (Å²) < 4.78 is 5.62. The van der Waals surface area contributed by atoms with Crippen molar-refractivity contribution in [3.05, 3.63) is 95.7 Å². The fourth-order valence-corrected chi connectivity index (χ4v) is 3.85. The summed E-state index contributed by atoms with van der Waals surface area (Å²) in [6.07, 6.45) is 0.0890. The maximum atomic E-state index is 13.1. The number of fused-ring (bicyclic) bond motifs is 3. The van der Waals surface area contributed by atoms with E-state index in [1.165, 1.54) is 0 Å². The van der Waals surface area contributed by atoms with Crippen molar-refractivity contribution in [2.24, 2.45) is 0 Å². The third kappa shape index (κ3) is 3.77. The number of rotatable bonds is 5. The third-order valence-electron chi connectivity index (χ3n) is 5.34. The lowest BCUT2D eigenvalue weighted by Crippen LogP contribution is -2.29. The van der Waals surface area contributed by atoms with Crippen molar-refractivity contribution in [3.8, 4) is 17.2 Å². The zero-order chi connectivity index (χ0) is 22.7. The maximum Gasteiger partial charge on any atom is 0.418 e. The predicted molar refractivity (Wildman–Crippen MR) is 120 cm³/mol. The molecule has 0 atom stereocenters. The first-order chi connectivity index (χ1) is 15.5. The van der Waals surface area contributed by atoms with Gasteiger partial charge in [0.25, 0.3) is 0 Å². The van der Waals surface area contributed by atoms with E-state index in [2.05, 4.69) is 0 Å². The Bertz CT molecular complexity index is 1230. The van der Waals surface area contributed by atoms with E-state index in [-0.39, 0.29) is 23.9 Å². The lowest BCUT2D eigenvalue weighted by atomic mass is 9.98. The molecule has 0 saturated heterocycles. The van der Waals surface area contributed by atoms with Crippen LogP contribution in [0, 0.1) is 11.3 Å². The van der Waals surface area contributed by atoms with Crippen LogP contribution in [0.1, 0.15) is 17.0 Å². The Morgan fingerprint density at radius 3 is 2.12 bits per heavy atom. The van der Waals surface area contributed by atoms with Gasteiger partial charge in [-0.3, -0.25) is 0 Å². The molecule has 1 aliphatic carbocycles. The Balaban J connectivity index is 1.65. The van der Waals surface area contributed by atoms with Gasteiger partial charge in [-0.1, -0.05) is 60.7 Å². The maximum absolute atomic E-state index is 13.1. The average molecular weight is 425 g/mol. The number of aliphatic carboxylic acids is 1. The number of nitrogens with two attached hydrogens (primary N) is 1. The SMILES string of the molecule is N#C/C(=C\N(C(=O)OCC1c2ccccc2-c2ccccc21)c1ccccc1N)C(=O)O. The van der Waals surface area contributed by atoms with Gasteiger partial charge in [-0.2, -0.15) is 5.26 Å². The summed E-state index contributed by atoms with van der Waals surface area (Å²) in [5.41, 5.74) is 10.1. The first-order valence-electron chi connectivity index (χ1n) is 9.85. The van der Waals surface area contributed by atoms with E-state index >= 15 is 0 Å². The van der Waals surface area contributed by atoms with E-state index in [1.54, 1.807) is 30.3 Å². The number of carboxylic acid groups (broad SMARTS) is 1. The lowest BCUT2D eigenvalue weighted by molar-refractivity contribution is -0.132. The van der Waals surface area contributed by atoms with Gasteiger partial charge in [0.15, 0.2) is 5.57 Å². The topological polar surface area (TPSA) is 117 Å². The van der Waals surface area contributed by atoms with Gasteiger partial charge in [0, 0.05) is 12.1 Å². The second-order valence-electron chi connectivity index (χ2n) is 7.19. The van der Waals surface area contributed by atoms with Crippen LogP contribution in [0.3, 0.4) is 0 Å². The van der Waals surface area contributed by atoms with Gasteiger partial charge in [-0.25, -0.2) is 14.5 Å². The van der Waals surface area contributed by atoms with E-state index in [4.69, 9.17) is 15.7 Å². The summed E-state index contributed by atoms with van der Waals surface area (Å²) in [7, 11) is 0. The molecule has 0 heterocycles. The zero-order valence-electron chi connectivity index (χ0n) is 16.9. The molecule has 4 rings (SSSR count). The number of para-hydroxylation sites is 2. The number of nitrogen functional groups attached to an aromatic ring is 1. The fourth-order valence-electron chi connectivity index (χ4n) is 3.85. The number of ether oxygens (including phenoxy) is 1. The summed E-state index contributed by atoms with van der Waals surface area (Å²) in [6, 6.07) is 23.9. The molecule has 0 bridgehead atoms. The van der Waals surface area contributed by atoms with Crippen molar-refractivity contribution < 1.29 is 19.4 Å². The highest BCUT2D eigenvalue weighted by Crippen LogP contribution is 2.44. The van der Waals surface area contributed by atoms with Gasteiger partial charge in [0.05, 0.1) is 11.4 Å². The molecule has 0 fully saturated rings. The molecule has 0 spiro atoms. The molecule has 0 unspecified atom stereocenters. The molecule has 3 aromatic rings. The number of carbonyl (C=O) groups excluding carboxylic acids is 1. The minimum absolute atomic E-state index is 0.0406. The minimum Gasteiger partial charge on any atom is -0.477 e. The highest BCUT2D eigenvalue weighted by atomic mass is 16.6. The minimum atomic E-state index is -1.46. The van der Waals surface area contributed by atoms with Crippen LogP contribution in [0.2, 0.25) is 0 Å². The number of hydrogen-bond donors (Lipinski definition) is 2. The molecule has 0 aliphatic heterocycles. The molecule has 3 aromatic carbocycles. The fraction of sp³-hybridized carbons (Fsp3) is 0.0800. The van der Waals surface area contributed by atoms with Gasteiger partial charge >= 0.3 is 12.1 Å². The Morgan fingerprint density at radius 2 is 1.56 bits per heavy atom. The van der Waals surface area contributed by atoms with E-state index in [9.17, 15) is 14.7 Å². The van der Waals surface area contributed by atoms with Crippen LogP contribution in [-0.4, -0.2) is 23.8 Å². The third-order valence-corrected chi connectivity index (χ3v) is 5.34. The summed E-state index contributed by atoms with van der Waals surface area (Å²) in [5, 5.41) is 18.4. The number of carboxylic acids is 1. The van der Waals surface area contributed by atoms with Crippen LogP contribution < -0.4 is 10.6 Å². The smallest absolute Gasteiger partial charge is 0.418 e. The number of anilines is 2. The Morgan fingerprint density at radius 1 is 1.00 bits per heavy atom. The lowest BCUT2D eigenvalue weighted by Gasteiger charge is -2.22. The van der Waals surface area contributed by atoms with Crippen LogP contribution in [0.5, 0.6) is 0 Å². The molecule has 0 aromatic heterocycles. The quantitative estimate of drug-likeness (QED) is 0.353. The number of nitrogens with zero attached hydrogens (tertiary/aromatic N) is 2. The van der Waals surface area contributed by atoms with Crippen LogP contribution in [0.4, 0.5) is 16.2 Å². The monoisotopic (exact) mass is 425 g/mol. The van der Waals surface area contributed by atoms with E-state index in [0.717, 1.165) is 33.4 Å². The molecular formula is C25H19N3O4. The molecule has 158 valence electrons. The van der Waals surface area contributed by atoms with Crippen molar-refractivity contribution >= 4 is 23.4 Å². The van der Waals surface area contributed by atoms with Crippen molar-refractivity contribution in [3.63, 3.8) is 0 Å². The molecule has 3 N–H and O–H groups in total. The van der Waals surface area contributed by atoms with Crippen molar-refractivity contribution in [1.82, 2.24) is 0 Å². The van der Waals surface area contributed by atoms with Gasteiger partial charge in [-0.15, -0.1) is 0 Å². The molecular weight excluding hydrogens is 406 g/mol. The average Bonchev–Trinajstić information content (AvgIpc) is 3.12. The summed E-state index contributed by atoms with van der Waals surface area (Å²) >= 11 is 0. The predicted octanol–water partition coefficient (Wildman–Crippen LogP) is 4.52. The second kappa shape index (κ2) is 8.66. The molecule has 0 saturated carbocycles. The molecule has 7 heteroatoms. The number of amides is 1.